The number of benzene rings is 1. The standard InChI is InChI=1S/C11H11ClN2O/c1-13-6-9-7-14-15-11(9)8-2-4-10(12)5-3-8/h2-5,7,13H,6H2,1H3. The van der Waals surface area contributed by atoms with Crippen LogP contribution in [0.1, 0.15) is 5.56 Å². The molecule has 0 unspecified atom stereocenters. The summed E-state index contributed by atoms with van der Waals surface area (Å²) in [7, 11) is 1.89. The maximum Gasteiger partial charge on any atom is 0.171 e. The number of hydrogen-bond acceptors (Lipinski definition) is 3. The average Bonchev–Trinajstić information content (AvgIpc) is 2.68. The first-order valence-corrected chi connectivity index (χ1v) is 5.03. The molecule has 2 rings (SSSR count). The van der Waals surface area contributed by atoms with Crippen molar-refractivity contribution < 1.29 is 4.52 Å². The molecule has 0 radical (unpaired) electrons. The molecule has 0 fully saturated rings. The molecule has 3 nitrogen and oxygen atoms in total. The van der Waals surface area contributed by atoms with E-state index < -0.39 is 0 Å². The Morgan fingerprint density at radius 3 is 2.73 bits per heavy atom. The summed E-state index contributed by atoms with van der Waals surface area (Å²) in [5.41, 5.74) is 2.03. The van der Waals surface area contributed by atoms with Crippen LogP contribution in [0.3, 0.4) is 0 Å². The Labute approximate surface area is 93.0 Å². The number of aromatic nitrogens is 1. The van der Waals surface area contributed by atoms with Crippen LogP contribution in [0, 0.1) is 0 Å². The molecule has 0 bridgehead atoms. The monoisotopic (exact) mass is 222 g/mol. The molecule has 78 valence electrons. The van der Waals surface area contributed by atoms with Crippen molar-refractivity contribution in [3.05, 3.63) is 41.0 Å². The lowest BCUT2D eigenvalue weighted by Gasteiger charge is -2.00. The summed E-state index contributed by atoms with van der Waals surface area (Å²) >= 11 is 5.82. The molecular formula is C11H11ClN2O. The Kier molecular flexibility index (Phi) is 3.04. The van der Waals surface area contributed by atoms with Crippen molar-refractivity contribution in [3.63, 3.8) is 0 Å². The summed E-state index contributed by atoms with van der Waals surface area (Å²) in [5, 5.41) is 7.57. The first-order valence-electron chi connectivity index (χ1n) is 4.65. The normalized spacial score (nSPS) is 10.5. The molecule has 0 amide bonds. The zero-order valence-corrected chi connectivity index (χ0v) is 9.08. The summed E-state index contributed by atoms with van der Waals surface area (Å²) in [6, 6.07) is 7.51. The van der Waals surface area contributed by atoms with Crippen molar-refractivity contribution in [2.45, 2.75) is 6.54 Å². The Morgan fingerprint density at radius 2 is 2.07 bits per heavy atom. The summed E-state index contributed by atoms with van der Waals surface area (Å²) in [6.45, 7) is 0.738. The molecule has 4 heteroatoms. The molecule has 1 heterocycles. The molecule has 0 aliphatic carbocycles. The van der Waals surface area contributed by atoms with Gasteiger partial charge < -0.3 is 9.84 Å². The van der Waals surface area contributed by atoms with E-state index in [-0.39, 0.29) is 0 Å². The van der Waals surface area contributed by atoms with Crippen molar-refractivity contribution in [2.75, 3.05) is 7.05 Å². The highest BCUT2D eigenvalue weighted by Crippen LogP contribution is 2.24. The van der Waals surface area contributed by atoms with E-state index >= 15 is 0 Å². The lowest BCUT2D eigenvalue weighted by Crippen LogP contribution is -2.04. The van der Waals surface area contributed by atoms with E-state index in [0.29, 0.717) is 5.02 Å². The van der Waals surface area contributed by atoms with Crippen LogP contribution >= 0.6 is 11.6 Å². The molecule has 0 saturated carbocycles. The average molecular weight is 223 g/mol. The highest BCUT2D eigenvalue weighted by atomic mass is 35.5. The van der Waals surface area contributed by atoms with E-state index in [2.05, 4.69) is 10.5 Å². The Balaban J connectivity index is 2.36. The SMILES string of the molecule is CNCc1cnoc1-c1ccc(Cl)cc1. The van der Waals surface area contributed by atoms with Crippen molar-refractivity contribution in [1.82, 2.24) is 10.5 Å². The Bertz CT molecular complexity index is 436. The van der Waals surface area contributed by atoms with Crippen molar-refractivity contribution in [2.24, 2.45) is 0 Å². The largest absolute Gasteiger partial charge is 0.356 e. The van der Waals surface area contributed by atoms with E-state index in [4.69, 9.17) is 16.1 Å². The third-order valence-electron chi connectivity index (χ3n) is 2.12. The highest BCUT2D eigenvalue weighted by molar-refractivity contribution is 6.30. The molecule has 15 heavy (non-hydrogen) atoms. The number of hydrogen-bond donors (Lipinski definition) is 1. The van der Waals surface area contributed by atoms with E-state index in [9.17, 15) is 0 Å². The fourth-order valence-corrected chi connectivity index (χ4v) is 1.54. The zero-order chi connectivity index (χ0) is 10.7. The minimum absolute atomic E-state index is 0.716. The lowest BCUT2D eigenvalue weighted by atomic mass is 10.1. The number of rotatable bonds is 3. The van der Waals surface area contributed by atoms with Crippen molar-refractivity contribution in [1.29, 1.82) is 0 Å². The van der Waals surface area contributed by atoms with Crippen LogP contribution in [0.25, 0.3) is 11.3 Å². The number of halogens is 1. The predicted octanol–water partition coefficient (Wildman–Crippen LogP) is 2.71. The van der Waals surface area contributed by atoms with Gasteiger partial charge in [0.25, 0.3) is 0 Å². The van der Waals surface area contributed by atoms with E-state index in [1.807, 2.05) is 31.3 Å². The fraction of sp³-hybridized carbons (Fsp3) is 0.182. The second-order valence-electron chi connectivity index (χ2n) is 3.22. The highest BCUT2D eigenvalue weighted by Gasteiger charge is 2.09. The molecule has 0 spiro atoms. The van der Waals surface area contributed by atoms with Gasteiger partial charge in [0.2, 0.25) is 0 Å². The molecule has 1 aromatic carbocycles. The van der Waals surface area contributed by atoms with Gasteiger partial charge >= 0.3 is 0 Å². The Hall–Kier alpha value is -1.32. The van der Waals surface area contributed by atoms with Crippen LogP contribution in [-0.4, -0.2) is 12.2 Å². The van der Waals surface area contributed by atoms with Gasteiger partial charge in [0, 0.05) is 22.7 Å². The Morgan fingerprint density at radius 1 is 1.33 bits per heavy atom. The summed E-state index contributed by atoms with van der Waals surface area (Å²) in [6.07, 6.45) is 1.72. The van der Waals surface area contributed by atoms with Crippen LogP contribution in [0.2, 0.25) is 5.02 Å². The van der Waals surface area contributed by atoms with E-state index in [1.54, 1.807) is 6.20 Å². The van der Waals surface area contributed by atoms with Gasteiger partial charge in [-0.1, -0.05) is 16.8 Å². The number of nitrogens with zero attached hydrogens (tertiary/aromatic N) is 1. The van der Waals surface area contributed by atoms with Gasteiger partial charge in [-0.3, -0.25) is 0 Å². The summed E-state index contributed by atoms with van der Waals surface area (Å²) < 4.78 is 5.21. The smallest absolute Gasteiger partial charge is 0.171 e. The lowest BCUT2D eigenvalue weighted by molar-refractivity contribution is 0.431. The number of nitrogens with one attached hydrogen (secondary N) is 1. The van der Waals surface area contributed by atoms with Crippen LogP contribution in [0.4, 0.5) is 0 Å². The maximum absolute atomic E-state index is 5.82. The fourth-order valence-electron chi connectivity index (χ4n) is 1.42. The molecule has 1 N–H and O–H groups in total. The third-order valence-corrected chi connectivity index (χ3v) is 2.37. The molecule has 1 aromatic heterocycles. The van der Waals surface area contributed by atoms with Gasteiger partial charge in [-0.25, -0.2) is 0 Å². The molecule has 0 saturated heterocycles. The van der Waals surface area contributed by atoms with Gasteiger partial charge in [0.1, 0.15) is 0 Å². The molecule has 2 aromatic rings. The molecule has 0 atom stereocenters. The van der Waals surface area contributed by atoms with Gasteiger partial charge in [-0.15, -0.1) is 0 Å². The first kappa shape index (κ1) is 10.2. The van der Waals surface area contributed by atoms with Crippen LogP contribution in [0.5, 0.6) is 0 Å². The second-order valence-corrected chi connectivity index (χ2v) is 3.65. The maximum atomic E-state index is 5.82. The molecular weight excluding hydrogens is 212 g/mol. The van der Waals surface area contributed by atoms with Gasteiger partial charge in [0.15, 0.2) is 5.76 Å². The first-order chi connectivity index (χ1) is 7.31. The van der Waals surface area contributed by atoms with Crippen molar-refractivity contribution in [3.8, 4) is 11.3 Å². The van der Waals surface area contributed by atoms with Crippen LogP contribution in [0.15, 0.2) is 35.0 Å². The molecule has 0 aliphatic heterocycles. The third kappa shape index (κ3) is 2.19. The second kappa shape index (κ2) is 4.47. The minimum atomic E-state index is 0.716. The molecule has 0 aliphatic rings. The summed E-state index contributed by atoms with van der Waals surface area (Å²) in [5.74, 6) is 0.793. The van der Waals surface area contributed by atoms with E-state index in [0.717, 1.165) is 23.4 Å². The van der Waals surface area contributed by atoms with Gasteiger partial charge in [-0.2, -0.15) is 0 Å². The quantitative estimate of drug-likeness (QED) is 0.868. The van der Waals surface area contributed by atoms with Crippen LogP contribution in [-0.2, 0) is 6.54 Å². The predicted molar refractivity (Wildman–Crippen MR) is 59.7 cm³/mol. The van der Waals surface area contributed by atoms with Gasteiger partial charge in [-0.05, 0) is 31.3 Å². The van der Waals surface area contributed by atoms with Crippen molar-refractivity contribution >= 4 is 11.6 Å². The van der Waals surface area contributed by atoms with Gasteiger partial charge in [0.05, 0.1) is 6.20 Å². The topological polar surface area (TPSA) is 38.1 Å². The van der Waals surface area contributed by atoms with E-state index in [1.165, 1.54) is 0 Å². The minimum Gasteiger partial charge on any atom is -0.356 e. The zero-order valence-electron chi connectivity index (χ0n) is 8.33. The summed E-state index contributed by atoms with van der Waals surface area (Å²) in [4.78, 5) is 0. The van der Waals surface area contributed by atoms with Crippen LogP contribution < -0.4 is 5.32 Å².